The summed E-state index contributed by atoms with van der Waals surface area (Å²) in [6, 6.07) is 0. The Morgan fingerprint density at radius 1 is 2.25 bits per heavy atom. The predicted octanol–water partition coefficient (Wildman–Crippen LogP) is 0.226. The largest absolute Gasteiger partial charge is 0.320 e. The lowest BCUT2D eigenvalue weighted by molar-refractivity contribution is 0.864. The van der Waals surface area contributed by atoms with Crippen molar-refractivity contribution < 1.29 is 1.41 Å². The quantitative estimate of drug-likeness (QED) is 0.456. The minimum Gasteiger partial charge on any atom is -0.320 e. The van der Waals surface area contributed by atoms with Crippen molar-refractivity contribution in [1.82, 2.24) is 5.31 Å². The Labute approximate surface area is 28.5 Å². The summed E-state index contributed by atoms with van der Waals surface area (Å²) in [4.78, 5) is 0. The van der Waals surface area contributed by atoms with Crippen LogP contribution in [0.5, 0.6) is 0 Å². The van der Waals surface area contributed by atoms with E-state index in [2.05, 4.69) is 0 Å². The second-order valence-corrected chi connectivity index (χ2v) is 0.632. The van der Waals surface area contributed by atoms with Gasteiger partial charge in [-0.1, -0.05) is 6.92 Å². The van der Waals surface area contributed by atoms with E-state index >= 15 is 0 Å². The molecule has 26 valence electrons. The molecule has 1 N–H and O–H groups in total. The van der Waals surface area contributed by atoms with E-state index < -0.39 is 0 Å². The highest BCUT2D eigenvalue weighted by Gasteiger charge is 1.50. The van der Waals surface area contributed by atoms with Gasteiger partial charge in [0.05, 0.1) is 0 Å². The summed E-state index contributed by atoms with van der Waals surface area (Å²) in [5.41, 5.74) is 0. The number of nitrogens with one attached hydrogen (secondary N) is 1. The zero-order valence-electron chi connectivity index (χ0n) is 4.15. The molecule has 0 atom stereocenters. The molecule has 0 heterocycles. The number of hydrogen-bond donors (Lipinski definition) is 1. The van der Waals surface area contributed by atoms with Gasteiger partial charge >= 0.3 is 0 Å². The van der Waals surface area contributed by atoms with E-state index in [4.69, 9.17) is 1.41 Å². The molecule has 0 aromatic heterocycles. The molecule has 0 saturated heterocycles. The fourth-order valence-corrected chi connectivity index (χ4v) is 0. The lowest BCUT2D eigenvalue weighted by Gasteiger charge is -1.76. The monoisotopic (exact) mass is 60.1 g/mol. The first-order valence-electron chi connectivity index (χ1n) is 1.92. The van der Waals surface area contributed by atoms with E-state index in [-0.39, 0.29) is 0 Å². The maximum absolute atomic E-state index is 6.66. The van der Waals surface area contributed by atoms with Crippen LogP contribution >= 0.6 is 0 Å². The molecule has 0 amide bonds. The second kappa shape index (κ2) is 2.96. The summed E-state index contributed by atoms with van der Waals surface area (Å²) >= 11 is 0. The van der Waals surface area contributed by atoms with Crippen molar-refractivity contribution in [1.29, 1.82) is 0 Å². The smallest absolute Gasteiger partial charge is 0.122 e. The predicted molar refractivity (Wildman–Crippen MR) is 19.6 cm³/mol. The molecular weight excluding hydrogens is 50.0 g/mol. The van der Waals surface area contributed by atoms with Crippen molar-refractivity contribution in [2.45, 2.75) is 6.92 Å². The van der Waals surface area contributed by atoms with Crippen LogP contribution in [-0.4, -0.2) is 13.6 Å². The maximum atomic E-state index is 6.66. The van der Waals surface area contributed by atoms with E-state index in [1.54, 1.807) is 7.05 Å². The maximum Gasteiger partial charge on any atom is 0.122 e. The van der Waals surface area contributed by atoms with Crippen molar-refractivity contribution in [2.75, 3.05) is 13.6 Å². The summed E-state index contributed by atoms with van der Waals surface area (Å²) in [5, 5.41) is 1.38. The molecule has 0 bridgehead atoms. The summed E-state index contributed by atoms with van der Waals surface area (Å²) in [6.45, 7) is 2.74. The van der Waals surface area contributed by atoms with Gasteiger partial charge < -0.3 is 5.31 Å². The summed E-state index contributed by atoms with van der Waals surface area (Å²) in [5.74, 6) is 0. The van der Waals surface area contributed by atoms with Crippen LogP contribution in [-0.2, 0) is 0 Å². The van der Waals surface area contributed by atoms with Gasteiger partial charge in [-0.25, -0.2) is 0 Å². The molecule has 0 fully saturated rings. The first-order chi connectivity index (χ1) is 2.27. The van der Waals surface area contributed by atoms with Gasteiger partial charge in [-0.05, 0) is 13.6 Å². The Bertz CT molecular complexity index is 20.9. The first kappa shape index (κ1) is 2.21. The average Bonchev–Trinajstić information content (AvgIpc) is 1.38. The van der Waals surface area contributed by atoms with Crippen LogP contribution < -0.4 is 5.31 Å². The van der Waals surface area contributed by atoms with Gasteiger partial charge in [-0.15, -0.1) is 0 Å². The van der Waals surface area contributed by atoms with E-state index in [9.17, 15) is 0 Å². The van der Waals surface area contributed by atoms with E-state index in [0.717, 1.165) is 6.54 Å². The average molecular weight is 60.1 g/mol. The number of hydrogen-bond acceptors (Lipinski definition) is 1. The molecule has 0 aliphatic heterocycles. The van der Waals surface area contributed by atoms with Gasteiger partial charge in [0, 0.05) is 0 Å². The van der Waals surface area contributed by atoms with Crippen LogP contribution in [0.25, 0.3) is 0 Å². The molecule has 0 aromatic rings. The highest BCUT2D eigenvalue weighted by Crippen LogP contribution is 1.34. The van der Waals surface area contributed by atoms with Crippen LogP contribution in [0, 0.1) is 0 Å². The van der Waals surface area contributed by atoms with E-state index in [1.165, 1.54) is 5.31 Å². The Balaban J connectivity index is 2.54. The summed E-state index contributed by atoms with van der Waals surface area (Å²) < 4.78 is 6.66. The van der Waals surface area contributed by atoms with Crippen LogP contribution in [0.3, 0.4) is 0 Å². The topological polar surface area (TPSA) is 12.0 Å². The highest BCUT2D eigenvalue weighted by molar-refractivity contribution is 4.15. The fraction of sp³-hybridized carbons (Fsp3) is 1.00. The summed E-state index contributed by atoms with van der Waals surface area (Å²) in [7, 11) is 1.72. The van der Waals surface area contributed by atoms with Crippen LogP contribution in [0.4, 0.5) is 0 Å². The zero-order valence-corrected chi connectivity index (χ0v) is 3.15. The minimum atomic E-state index is 0.806. The van der Waals surface area contributed by atoms with Crippen molar-refractivity contribution in [3.63, 3.8) is 0 Å². The third kappa shape index (κ3) is 1.96. The van der Waals surface area contributed by atoms with Crippen molar-refractivity contribution >= 4 is 0 Å². The van der Waals surface area contributed by atoms with Crippen molar-refractivity contribution in [3.8, 4) is 0 Å². The molecule has 0 aromatic carbocycles. The Morgan fingerprint density at radius 3 is 2.50 bits per heavy atom. The van der Waals surface area contributed by atoms with Crippen LogP contribution in [0.15, 0.2) is 0 Å². The van der Waals surface area contributed by atoms with Gasteiger partial charge in [0.25, 0.3) is 0 Å². The van der Waals surface area contributed by atoms with Crippen LogP contribution in [0.1, 0.15) is 6.92 Å². The first-order valence-corrected chi connectivity index (χ1v) is 1.47. The molecule has 0 unspecified atom stereocenters. The van der Waals surface area contributed by atoms with Gasteiger partial charge in [-0.2, -0.15) is 0 Å². The van der Waals surface area contributed by atoms with Gasteiger partial charge in [0.15, 0.2) is 0 Å². The molecule has 4 heavy (non-hydrogen) atoms. The fourth-order valence-electron chi connectivity index (χ4n) is 0. The number of rotatable bonds is 1. The third-order valence-electron chi connectivity index (χ3n) is 0.316. The van der Waals surface area contributed by atoms with E-state index in [1.807, 2.05) is 6.92 Å². The Morgan fingerprint density at radius 2 is 2.50 bits per heavy atom. The highest BCUT2D eigenvalue weighted by atomic mass is 14.8. The molecule has 1 nitrogen and oxygen atoms in total. The molecule has 0 spiro atoms. The normalized spacial score (nSPS) is 12.2. The third-order valence-corrected chi connectivity index (χ3v) is 0.316. The lowest BCUT2D eigenvalue weighted by atomic mass is 10.8. The molecule has 1 heteroatoms. The van der Waals surface area contributed by atoms with Crippen molar-refractivity contribution in [2.24, 2.45) is 0 Å². The summed E-state index contributed by atoms with van der Waals surface area (Å²) in [6.07, 6.45) is 0. The molecule has 0 rings (SSSR count). The van der Waals surface area contributed by atoms with Crippen molar-refractivity contribution in [3.05, 3.63) is 0 Å². The molecule has 0 saturated carbocycles. The van der Waals surface area contributed by atoms with Gasteiger partial charge in [0.1, 0.15) is 1.41 Å². The molecular formula is C3H9N. The van der Waals surface area contributed by atoms with Gasteiger partial charge in [-0.3, -0.25) is 0 Å². The molecule has 0 aliphatic rings. The standard InChI is InChI=1S/C3H9N/c1-3-4-2/h4H,3H2,1-2H3/i/hD. The molecule has 0 aliphatic carbocycles. The second-order valence-electron chi connectivity index (χ2n) is 0.632. The van der Waals surface area contributed by atoms with Gasteiger partial charge in [0.2, 0.25) is 0 Å². The SMILES string of the molecule is [2H]N(C)CC. The minimum absolute atomic E-state index is 0.806. The Kier molecular flexibility index (Phi) is 1.64. The molecule has 0 radical (unpaired) electrons. The Hall–Kier alpha value is -0.0400. The zero-order chi connectivity index (χ0) is 4.28. The van der Waals surface area contributed by atoms with E-state index in [0.29, 0.717) is 0 Å². The lowest BCUT2D eigenvalue weighted by Crippen LogP contribution is -2.01. The van der Waals surface area contributed by atoms with Crippen LogP contribution in [0.2, 0.25) is 1.41 Å².